The van der Waals surface area contributed by atoms with E-state index in [9.17, 15) is 0 Å². The molecule has 0 bridgehead atoms. The summed E-state index contributed by atoms with van der Waals surface area (Å²) in [5.41, 5.74) is 9.39. The highest BCUT2D eigenvalue weighted by atomic mass is 16.5. The summed E-state index contributed by atoms with van der Waals surface area (Å²) in [5, 5.41) is 11.0. The number of nitrogens with two attached hydrogens (primary N) is 1. The zero-order valence-corrected chi connectivity index (χ0v) is 16.0. The van der Waals surface area contributed by atoms with Crippen molar-refractivity contribution in [2.75, 3.05) is 31.8 Å². The number of unbranched alkanes of at least 4 members (excludes halogenated alkanes) is 1. The van der Waals surface area contributed by atoms with E-state index in [0.717, 1.165) is 42.6 Å². The fraction of sp³-hybridized carbons (Fsp3) is 0.444. The van der Waals surface area contributed by atoms with Crippen molar-refractivity contribution in [1.29, 1.82) is 0 Å². The zero-order valence-electron chi connectivity index (χ0n) is 16.0. The molecule has 0 aromatic carbocycles. The third kappa shape index (κ3) is 4.25. The first-order chi connectivity index (χ1) is 13.2. The van der Waals surface area contributed by atoms with Gasteiger partial charge in [-0.25, -0.2) is 9.97 Å². The van der Waals surface area contributed by atoms with Crippen LogP contribution >= 0.6 is 0 Å². The van der Waals surface area contributed by atoms with Crippen LogP contribution in [0.1, 0.15) is 30.9 Å². The second-order valence-corrected chi connectivity index (χ2v) is 6.29. The predicted octanol–water partition coefficient (Wildman–Crippen LogP) is 1.79. The zero-order chi connectivity index (χ0) is 19.2. The quantitative estimate of drug-likeness (QED) is 0.488. The summed E-state index contributed by atoms with van der Waals surface area (Å²) in [6.07, 6.45) is 5.65. The van der Waals surface area contributed by atoms with Gasteiger partial charge in [0.1, 0.15) is 11.0 Å². The lowest BCUT2D eigenvalue weighted by Gasteiger charge is -2.12. The Kier molecular flexibility index (Phi) is 6.02. The minimum absolute atomic E-state index is 0.233. The van der Waals surface area contributed by atoms with Gasteiger partial charge in [-0.05, 0) is 25.1 Å². The average Bonchev–Trinajstić information content (AvgIpc) is 3.05. The van der Waals surface area contributed by atoms with Crippen LogP contribution in [0, 0.1) is 0 Å². The molecule has 3 aromatic rings. The predicted molar refractivity (Wildman–Crippen MR) is 106 cm³/mol. The molecule has 3 aromatic heterocycles. The number of hydrogen-bond acceptors (Lipinski definition) is 8. The van der Waals surface area contributed by atoms with Crippen LogP contribution in [0.5, 0.6) is 5.88 Å². The van der Waals surface area contributed by atoms with Gasteiger partial charge in [0.05, 0.1) is 19.9 Å². The van der Waals surface area contributed by atoms with Crippen LogP contribution in [0.3, 0.4) is 0 Å². The molecular weight excluding hydrogens is 344 g/mol. The molecule has 3 rings (SSSR count). The standard InChI is InChI=1S/C18H26N8O/c1-4-5-6-21-16-15-14(24-18(19)25-16)10-23-26(15)11-13-7-12(8-20-2)9-22-17(13)27-3/h7,9-10,20H,4-6,8,11H2,1-3H3,(H3,19,21,24,25). The van der Waals surface area contributed by atoms with E-state index in [-0.39, 0.29) is 5.95 Å². The molecule has 0 saturated heterocycles. The first-order valence-electron chi connectivity index (χ1n) is 9.05. The largest absolute Gasteiger partial charge is 0.481 e. The van der Waals surface area contributed by atoms with Gasteiger partial charge in [-0.3, -0.25) is 4.68 Å². The maximum absolute atomic E-state index is 5.85. The van der Waals surface area contributed by atoms with Crippen molar-refractivity contribution in [2.45, 2.75) is 32.9 Å². The number of methoxy groups -OCH3 is 1. The number of nitrogen functional groups attached to an aromatic ring is 1. The number of fused-ring (bicyclic) bond motifs is 1. The van der Waals surface area contributed by atoms with Gasteiger partial charge >= 0.3 is 0 Å². The number of pyridine rings is 1. The molecule has 0 saturated carbocycles. The Morgan fingerprint density at radius 2 is 2.11 bits per heavy atom. The maximum Gasteiger partial charge on any atom is 0.222 e. The van der Waals surface area contributed by atoms with E-state index in [1.54, 1.807) is 13.3 Å². The maximum atomic E-state index is 5.85. The normalized spacial score (nSPS) is 11.1. The number of nitrogens with zero attached hydrogens (tertiary/aromatic N) is 5. The summed E-state index contributed by atoms with van der Waals surface area (Å²) in [4.78, 5) is 13.1. The van der Waals surface area contributed by atoms with Gasteiger partial charge in [0.2, 0.25) is 11.8 Å². The topological polar surface area (TPSA) is 116 Å². The lowest BCUT2D eigenvalue weighted by Crippen LogP contribution is -2.11. The van der Waals surface area contributed by atoms with Crippen LogP contribution in [0.2, 0.25) is 0 Å². The highest BCUT2D eigenvalue weighted by Crippen LogP contribution is 2.24. The van der Waals surface area contributed by atoms with Gasteiger partial charge in [-0.1, -0.05) is 13.3 Å². The fourth-order valence-corrected chi connectivity index (χ4v) is 2.95. The number of ether oxygens (including phenoxy) is 1. The van der Waals surface area contributed by atoms with E-state index in [2.05, 4.69) is 43.7 Å². The molecule has 0 aliphatic carbocycles. The van der Waals surface area contributed by atoms with E-state index in [0.29, 0.717) is 23.8 Å². The molecule has 0 fully saturated rings. The van der Waals surface area contributed by atoms with E-state index in [4.69, 9.17) is 10.5 Å². The van der Waals surface area contributed by atoms with E-state index < -0.39 is 0 Å². The molecule has 0 spiro atoms. The van der Waals surface area contributed by atoms with Crippen molar-refractivity contribution in [1.82, 2.24) is 30.0 Å². The number of hydrogen-bond donors (Lipinski definition) is 3. The van der Waals surface area contributed by atoms with Crippen molar-refractivity contribution < 1.29 is 4.74 Å². The first kappa shape index (κ1) is 18.8. The van der Waals surface area contributed by atoms with Gasteiger partial charge in [0.15, 0.2) is 5.82 Å². The Bertz CT molecular complexity index is 908. The molecule has 144 valence electrons. The smallest absolute Gasteiger partial charge is 0.222 e. The Morgan fingerprint density at radius 3 is 2.85 bits per heavy atom. The average molecular weight is 370 g/mol. The van der Waals surface area contributed by atoms with Gasteiger partial charge in [-0.15, -0.1) is 0 Å². The molecule has 3 heterocycles. The number of rotatable bonds is 9. The van der Waals surface area contributed by atoms with E-state index in [1.165, 1.54) is 0 Å². The van der Waals surface area contributed by atoms with Crippen LogP contribution in [0.4, 0.5) is 11.8 Å². The van der Waals surface area contributed by atoms with Crippen LogP contribution in [0.15, 0.2) is 18.5 Å². The molecule has 0 unspecified atom stereocenters. The lowest BCUT2D eigenvalue weighted by atomic mass is 10.2. The van der Waals surface area contributed by atoms with E-state index >= 15 is 0 Å². The molecule has 0 atom stereocenters. The minimum atomic E-state index is 0.233. The molecule has 0 radical (unpaired) electrons. The molecule has 9 heteroatoms. The van der Waals surface area contributed by atoms with Crippen LogP contribution < -0.4 is 21.1 Å². The lowest BCUT2D eigenvalue weighted by molar-refractivity contribution is 0.390. The first-order valence-corrected chi connectivity index (χ1v) is 9.05. The van der Waals surface area contributed by atoms with Gasteiger partial charge in [0, 0.05) is 24.8 Å². The summed E-state index contributed by atoms with van der Waals surface area (Å²) < 4.78 is 7.28. The van der Waals surface area contributed by atoms with Crippen LogP contribution in [-0.2, 0) is 13.1 Å². The van der Waals surface area contributed by atoms with Crippen LogP contribution in [-0.4, -0.2) is 45.4 Å². The molecule has 27 heavy (non-hydrogen) atoms. The summed E-state index contributed by atoms with van der Waals surface area (Å²) in [6, 6.07) is 2.07. The van der Waals surface area contributed by atoms with Crippen molar-refractivity contribution >= 4 is 22.8 Å². The second kappa shape index (κ2) is 8.63. The Morgan fingerprint density at radius 1 is 1.26 bits per heavy atom. The van der Waals surface area contributed by atoms with Crippen molar-refractivity contribution in [3.05, 3.63) is 29.6 Å². The van der Waals surface area contributed by atoms with Gasteiger partial charge in [-0.2, -0.15) is 10.1 Å². The summed E-state index contributed by atoms with van der Waals surface area (Å²) in [7, 11) is 3.52. The Labute approximate surface area is 158 Å². The van der Waals surface area contributed by atoms with Gasteiger partial charge < -0.3 is 21.1 Å². The summed E-state index contributed by atoms with van der Waals surface area (Å²) >= 11 is 0. The molecular formula is C18H26N8O. The summed E-state index contributed by atoms with van der Waals surface area (Å²) in [6.45, 7) is 4.18. The third-order valence-corrected chi connectivity index (χ3v) is 4.20. The van der Waals surface area contributed by atoms with Crippen molar-refractivity contribution in [2.24, 2.45) is 0 Å². The molecule has 4 N–H and O–H groups in total. The molecule has 0 amide bonds. The van der Waals surface area contributed by atoms with E-state index in [1.807, 2.05) is 17.9 Å². The number of nitrogens with one attached hydrogen (secondary N) is 2. The monoisotopic (exact) mass is 370 g/mol. The highest BCUT2D eigenvalue weighted by Gasteiger charge is 2.15. The fourth-order valence-electron chi connectivity index (χ4n) is 2.95. The van der Waals surface area contributed by atoms with Gasteiger partial charge in [0.25, 0.3) is 0 Å². The Hall–Kier alpha value is -2.94. The molecule has 9 nitrogen and oxygen atoms in total. The minimum Gasteiger partial charge on any atom is -0.481 e. The highest BCUT2D eigenvalue weighted by molar-refractivity contribution is 5.86. The summed E-state index contributed by atoms with van der Waals surface area (Å²) in [5.74, 6) is 1.51. The molecule has 0 aliphatic rings. The Balaban J connectivity index is 1.98. The molecule has 0 aliphatic heterocycles. The van der Waals surface area contributed by atoms with Crippen molar-refractivity contribution in [3.8, 4) is 5.88 Å². The third-order valence-electron chi connectivity index (χ3n) is 4.20. The van der Waals surface area contributed by atoms with Crippen molar-refractivity contribution in [3.63, 3.8) is 0 Å². The number of anilines is 2. The number of aromatic nitrogens is 5. The van der Waals surface area contributed by atoms with Crippen LogP contribution in [0.25, 0.3) is 11.0 Å². The SMILES string of the molecule is CCCCNc1nc(N)nc2cnn(Cc3cc(CNC)cnc3OC)c12. The second-order valence-electron chi connectivity index (χ2n) is 6.29.